The van der Waals surface area contributed by atoms with Crippen LogP contribution in [0.2, 0.25) is 0 Å². The molecule has 0 saturated carbocycles. The van der Waals surface area contributed by atoms with Crippen molar-refractivity contribution in [1.82, 2.24) is 20.6 Å². The number of hydrogen-bond donors (Lipinski definition) is 3. The summed E-state index contributed by atoms with van der Waals surface area (Å²) in [6.07, 6.45) is 7.09. The van der Waals surface area contributed by atoms with Gasteiger partial charge in [0.2, 0.25) is 0 Å². The van der Waals surface area contributed by atoms with Gasteiger partial charge in [0.1, 0.15) is 5.75 Å². The van der Waals surface area contributed by atoms with E-state index < -0.39 is 0 Å². The Morgan fingerprint density at radius 3 is 2.46 bits per heavy atom. The molecule has 3 aromatic rings. The standard InChI is InChI=1S/C23H26N4O/c28-22-7-3-12-25-21(22)16-24-14-17-8-10-18(11-9-17)15-27-20-6-1-4-19-5-2-13-26-23(19)20/h2-3,5,7-13,20,24,27-28H,1,4,6,14-16H2. The van der Waals surface area contributed by atoms with E-state index in [0.29, 0.717) is 18.3 Å². The second-order valence-electron chi connectivity index (χ2n) is 7.26. The molecule has 4 rings (SSSR count). The van der Waals surface area contributed by atoms with Crippen molar-refractivity contribution < 1.29 is 5.11 Å². The lowest BCUT2D eigenvalue weighted by atomic mass is 9.92. The lowest BCUT2D eigenvalue weighted by Gasteiger charge is -2.25. The van der Waals surface area contributed by atoms with Crippen LogP contribution in [0.1, 0.15) is 47.0 Å². The molecule has 1 aliphatic carbocycles. The first-order chi connectivity index (χ1) is 13.8. The van der Waals surface area contributed by atoms with Crippen molar-refractivity contribution in [2.24, 2.45) is 0 Å². The van der Waals surface area contributed by atoms with Crippen LogP contribution in [0.5, 0.6) is 5.75 Å². The number of benzene rings is 1. The smallest absolute Gasteiger partial charge is 0.138 e. The first-order valence-corrected chi connectivity index (χ1v) is 9.88. The van der Waals surface area contributed by atoms with Crippen molar-refractivity contribution in [2.75, 3.05) is 0 Å². The van der Waals surface area contributed by atoms with Crippen molar-refractivity contribution in [3.05, 3.63) is 89.0 Å². The maximum absolute atomic E-state index is 9.76. The third kappa shape index (κ3) is 4.55. The molecule has 2 aromatic heterocycles. The zero-order valence-electron chi connectivity index (χ0n) is 15.9. The van der Waals surface area contributed by atoms with E-state index in [9.17, 15) is 5.11 Å². The molecule has 1 aliphatic rings. The van der Waals surface area contributed by atoms with Crippen molar-refractivity contribution >= 4 is 0 Å². The van der Waals surface area contributed by atoms with Gasteiger partial charge in [0.25, 0.3) is 0 Å². The zero-order valence-corrected chi connectivity index (χ0v) is 15.9. The molecule has 0 bridgehead atoms. The molecule has 1 unspecified atom stereocenters. The maximum atomic E-state index is 9.76. The van der Waals surface area contributed by atoms with Gasteiger partial charge in [-0.25, -0.2) is 0 Å². The van der Waals surface area contributed by atoms with Crippen molar-refractivity contribution in [1.29, 1.82) is 0 Å². The van der Waals surface area contributed by atoms with Gasteiger partial charge in [0, 0.05) is 32.0 Å². The minimum atomic E-state index is 0.232. The van der Waals surface area contributed by atoms with Crippen LogP contribution in [0.25, 0.3) is 0 Å². The summed E-state index contributed by atoms with van der Waals surface area (Å²) in [5.41, 5.74) is 5.75. The monoisotopic (exact) mass is 374 g/mol. The van der Waals surface area contributed by atoms with Gasteiger partial charge in [0.15, 0.2) is 0 Å². The Bertz CT molecular complexity index is 910. The van der Waals surface area contributed by atoms with E-state index in [4.69, 9.17) is 0 Å². The number of aryl methyl sites for hydroxylation is 1. The van der Waals surface area contributed by atoms with E-state index in [-0.39, 0.29) is 5.75 Å². The van der Waals surface area contributed by atoms with Crippen molar-refractivity contribution in [3.8, 4) is 5.75 Å². The van der Waals surface area contributed by atoms with Crippen LogP contribution in [0.3, 0.4) is 0 Å². The Balaban J connectivity index is 1.28. The van der Waals surface area contributed by atoms with E-state index >= 15 is 0 Å². The molecule has 0 spiro atoms. The van der Waals surface area contributed by atoms with E-state index in [0.717, 1.165) is 25.9 Å². The first-order valence-electron chi connectivity index (χ1n) is 9.88. The van der Waals surface area contributed by atoms with Crippen LogP contribution in [0.15, 0.2) is 60.9 Å². The number of aromatic nitrogens is 2. The van der Waals surface area contributed by atoms with Gasteiger partial charge in [-0.2, -0.15) is 0 Å². The summed E-state index contributed by atoms with van der Waals surface area (Å²) in [6.45, 7) is 2.13. The van der Waals surface area contributed by atoms with Crippen LogP contribution in [0.4, 0.5) is 0 Å². The molecule has 0 amide bonds. The molecule has 5 heteroatoms. The minimum Gasteiger partial charge on any atom is -0.506 e. The molecule has 0 radical (unpaired) electrons. The Hall–Kier alpha value is -2.76. The van der Waals surface area contributed by atoms with Gasteiger partial charge in [-0.15, -0.1) is 0 Å². The minimum absolute atomic E-state index is 0.232. The van der Waals surface area contributed by atoms with Crippen LogP contribution in [-0.2, 0) is 26.1 Å². The predicted octanol–water partition coefficient (Wildman–Crippen LogP) is 3.64. The summed E-state index contributed by atoms with van der Waals surface area (Å²) in [5, 5.41) is 16.8. The summed E-state index contributed by atoms with van der Waals surface area (Å²) < 4.78 is 0. The average molecular weight is 374 g/mol. The molecule has 2 heterocycles. The fraction of sp³-hybridized carbons (Fsp3) is 0.304. The van der Waals surface area contributed by atoms with Crippen LogP contribution < -0.4 is 10.6 Å². The molecule has 0 saturated heterocycles. The molecular formula is C23H26N4O. The summed E-state index contributed by atoms with van der Waals surface area (Å²) in [4.78, 5) is 8.78. The molecule has 28 heavy (non-hydrogen) atoms. The Labute approximate surface area is 165 Å². The van der Waals surface area contributed by atoms with E-state index in [2.05, 4.69) is 50.9 Å². The Kier molecular flexibility index (Phi) is 5.95. The molecule has 0 aliphatic heterocycles. The average Bonchev–Trinajstić information content (AvgIpc) is 2.74. The molecule has 0 fully saturated rings. The van der Waals surface area contributed by atoms with Gasteiger partial charge in [0.05, 0.1) is 17.4 Å². The quantitative estimate of drug-likeness (QED) is 0.589. The second kappa shape index (κ2) is 8.95. The van der Waals surface area contributed by atoms with Crippen molar-refractivity contribution in [3.63, 3.8) is 0 Å². The second-order valence-corrected chi connectivity index (χ2v) is 7.26. The topological polar surface area (TPSA) is 70.1 Å². The predicted molar refractivity (Wildman–Crippen MR) is 110 cm³/mol. The molecule has 3 N–H and O–H groups in total. The van der Waals surface area contributed by atoms with Gasteiger partial charge in [-0.3, -0.25) is 9.97 Å². The van der Waals surface area contributed by atoms with Gasteiger partial charge in [-0.1, -0.05) is 30.3 Å². The highest BCUT2D eigenvalue weighted by Crippen LogP contribution is 2.27. The van der Waals surface area contributed by atoms with Gasteiger partial charge in [-0.05, 0) is 54.2 Å². The number of nitrogens with one attached hydrogen (secondary N) is 2. The third-order valence-electron chi connectivity index (χ3n) is 5.26. The number of hydrogen-bond acceptors (Lipinski definition) is 5. The fourth-order valence-electron chi connectivity index (χ4n) is 3.72. The number of nitrogens with zero attached hydrogens (tertiary/aromatic N) is 2. The highest BCUT2D eigenvalue weighted by Gasteiger charge is 2.20. The summed E-state index contributed by atoms with van der Waals surface area (Å²) in [6, 6.07) is 16.6. The van der Waals surface area contributed by atoms with E-state index in [1.807, 2.05) is 12.3 Å². The highest BCUT2D eigenvalue weighted by atomic mass is 16.3. The zero-order chi connectivity index (χ0) is 19.2. The first kappa shape index (κ1) is 18.6. The maximum Gasteiger partial charge on any atom is 0.138 e. The summed E-state index contributed by atoms with van der Waals surface area (Å²) in [5.74, 6) is 0.232. The normalized spacial score (nSPS) is 15.9. The number of rotatable bonds is 7. The molecular weight excluding hydrogens is 348 g/mol. The molecule has 144 valence electrons. The van der Waals surface area contributed by atoms with Crippen LogP contribution >= 0.6 is 0 Å². The number of fused-ring (bicyclic) bond motifs is 1. The molecule has 5 nitrogen and oxygen atoms in total. The van der Waals surface area contributed by atoms with Gasteiger partial charge >= 0.3 is 0 Å². The third-order valence-corrected chi connectivity index (χ3v) is 5.26. The summed E-state index contributed by atoms with van der Waals surface area (Å²) >= 11 is 0. The number of aromatic hydroxyl groups is 1. The Morgan fingerprint density at radius 2 is 1.64 bits per heavy atom. The highest BCUT2D eigenvalue weighted by molar-refractivity contribution is 5.27. The Morgan fingerprint density at radius 1 is 0.893 bits per heavy atom. The molecule has 1 aromatic carbocycles. The van der Waals surface area contributed by atoms with Crippen molar-refractivity contribution in [2.45, 2.75) is 44.9 Å². The molecule has 1 atom stereocenters. The van der Waals surface area contributed by atoms with Gasteiger partial charge < -0.3 is 15.7 Å². The number of pyridine rings is 2. The largest absolute Gasteiger partial charge is 0.506 e. The van der Waals surface area contributed by atoms with E-state index in [1.54, 1.807) is 18.3 Å². The SMILES string of the molecule is Oc1cccnc1CNCc1ccc(CNC2CCCc3cccnc32)cc1. The fourth-order valence-corrected chi connectivity index (χ4v) is 3.72. The van der Waals surface area contributed by atoms with Crippen LogP contribution in [0, 0.1) is 0 Å². The lowest BCUT2D eigenvalue weighted by Crippen LogP contribution is -2.25. The van der Waals surface area contributed by atoms with E-state index in [1.165, 1.54) is 28.8 Å². The van der Waals surface area contributed by atoms with Crippen LogP contribution in [-0.4, -0.2) is 15.1 Å². The summed E-state index contributed by atoms with van der Waals surface area (Å²) in [7, 11) is 0. The lowest BCUT2D eigenvalue weighted by molar-refractivity contribution is 0.447.